The van der Waals surface area contributed by atoms with Crippen LogP contribution in [-0.2, 0) is 23.0 Å². The van der Waals surface area contributed by atoms with Crippen LogP contribution in [0.3, 0.4) is 0 Å². The fourth-order valence-corrected chi connectivity index (χ4v) is 5.79. The highest BCUT2D eigenvalue weighted by Gasteiger charge is 2.28. The third-order valence-corrected chi connectivity index (χ3v) is 7.92. The summed E-state index contributed by atoms with van der Waals surface area (Å²) < 4.78 is 34.8. The van der Waals surface area contributed by atoms with E-state index in [2.05, 4.69) is 63.1 Å². The lowest BCUT2D eigenvalue weighted by molar-refractivity contribution is 0.180. The van der Waals surface area contributed by atoms with Crippen LogP contribution in [0.15, 0.2) is 71.6 Å². The van der Waals surface area contributed by atoms with E-state index in [4.69, 9.17) is 4.74 Å². The van der Waals surface area contributed by atoms with Crippen molar-refractivity contribution in [2.75, 3.05) is 39.2 Å². The van der Waals surface area contributed by atoms with Gasteiger partial charge in [-0.3, -0.25) is 4.90 Å². The first kappa shape index (κ1) is 24.3. The van der Waals surface area contributed by atoms with E-state index in [0.717, 1.165) is 36.3 Å². The number of fused-ring (bicyclic) bond motifs is 1. The monoisotopic (exact) mass is 479 g/mol. The summed E-state index contributed by atoms with van der Waals surface area (Å²) >= 11 is 0. The van der Waals surface area contributed by atoms with Crippen molar-refractivity contribution >= 4 is 15.7 Å². The lowest BCUT2D eigenvalue weighted by Crippen LogP contribution is -2.40. The van der Waals surface area contributed by atoms with Crippen molar-refractivity contribution in [3.63, 3.8) is 0 Å². The molecule has 0 unspecified atom stereocenters. The summed E-state index contributed by atoms with van der Waals surface area (Å²) in [4.78, 5) is 4.59. The molecular formula is C27H33N3O3S. The van der Waals surface area contributed by atoms with E-state index < -0.39 is 10.0 Å². The van der Waals surface area contributed by atoms with Gasteiger partial charge < -0.3 is 9.64 Å². The van der Waals surface area contributed by atoms with Crippen molar-refractivity contribution in [3.05, 3.63) is 89.0 Å². The number of nitrogens with one attached hydrogen (secondary N) is 1. The van der Waals surface area contributed by atoms with Gasteiger partial charge in [-0.1, -0.05) is 42.5 Å². The Bertz CT molecular complexity index is 1240. The molecule has 0 aliphatic carbocycles. The molecule has 0 bridgehead atoms. The molecule has 34 heavy (non-hydrogen) atoms. The van der Waals surface area contributed by atoms with E-state index in [1.54, 1.807) is 12.1 Å². The second-order valence-corrected chi connectivity index (χ2v) is 10.7. The minimum atomic E-state index is -3.76. The van der Waals surface area contributed by atoms with Gasteiger partial charge in [0.25, 0.3) is 0 Å². The van der Waals surface area contributed by atoms with E-state index in [1.807, 2.05) is 27.1 Å². The Hall–Kier alpha value is -2.87. The maximum atomic E-state index is 13.3. The predicted octanol–water partition coefficient (Wildman–Crippen LogP) is 4.15. The van der Waals surface area contributed by atoms with Crippen molar-refractivity contribution < 1.29 is 13.2 Å². The Balaban J connectivity index is 1.63. The van der Waals surface area contributed by atoms with Crippen molar-refractivity contribution in [2.24, 2.45) is 0 Å². The van der Waals surface area contributed by atoms with Crippen LogP contribution in [0, 0.1) is 6.92 Å². The van der Waals surface area contributed by atoms with Crippen molar-refractivity contribution in [2.45, 2.75) is 30.8 Å². The van der Waals surface area contributed by atoms with E-state index in [-0.39, 0.29) is 17.5 Å². The molecule has 0 amide bonds. The molecule has 0 spiro atoms. The number of anilines is 1. The van der Waals surface area contributed by atoms with Gasteiger partial charge in [0.15, 0.2) is 0 Å². The Labute approximate surface area is 203 Å². The first-order chi connectivity index (χ1) is 16.3. The van der Waals surface area contributed by atoms with Crippen LogP contribution in [-0.4, -0.2) is 47.6 Å². The summed E-state index contributed by atoms with van der Waals surface area (Å²) in [5, 5.41) is 0. The second-order valence-electron chi connectivity index (χ2n) is 9.00. The molecule has 4 rings (SSSR count). The van der Waals surface area contributed by atoms with Gasteiger partial charge in [0, 0.05) is 45.5 Å². The SMILES string of the molecule is COc1ccc(C)cc1S(=O)(=O)NC[C@@H](c1ccc(N(C)C)cc1)N1CCc2ccccc2C1. The zero-order valence-corrected chi connectivity index (χ0v) is 21.1. The van der Waals surface area contributed by atoms with Crippen LogP contribution in [0.1, 0.15) is 28.3 Å². The highest BCUT2D eigenvalue weighted by Crippen LogP contribution is 2.30. The van der Waals surface area contributed by atoms with Crippen molar-refractivity contribution in [1.29, 1.82) is 0 Å². The predicted molar refractivity (Wildman–Crippen MR) is 137 cm³/mol. The minimum Gasteiger partial charge on any atom is -0.495 e. The van der Waals surface area contributed by atoms with Gasteiger partial charge in [-0.25, -0.2) is 13.1 Å². The standard InChI is InChI=1S/C27H33N3O3S/c1-20-9-14-26(33-4)27(17-20)34(31,32)28-18-25(22-10-12-24(13-11-22)29(2)3)30-16-15-21-7-5-6-8-23(21)19-30/h5-14,17,25,28H,15-16,18-19H2,1-4H3/t25-/m0/s1. The topological polar surface area (TPSA) is 61.9 Å². The summed E-state index contributed by atoms with van der Waals surface area (Å²) in [6, 6.07) is 21.9. The Kier molecular flexibility index (Phi) is 7.26. The molecule has 1 N–H and O–H groups in total. The Morgan fingerprint density at radius 3 is 2.41 bits per heavy atom. The number of rotatable bonds is 8. The molecule has 0 radical (unpaired) electrons. The minimum absolute atomic E-state index is 0.102. The lowest BCUT2D eigenvalue weighted by atomic mass is 9.96. The summed E-state index contributed by atoms with van der Waals surface area (Å²) in [6.07, 6.45) is 0.945. The molecule has 0 aromatic heterocycles. The van der Waals surface area contributed by atoms with Crippen molar-refractivity contribution in [1.82, 2.24) is 9.62 Å². The number of aryl methyl sites for hydroxylation is 1. The van der Waals surface area contributed by atoms with Crippen molar-refractivity contribution in [3.8, 4) is 5.75 Å². The molecule has 1 atom stereocenters. The zero-order chi connectivity index (χ0) is 24.3. The molecule has 0 fully saturated rings. The number of sulfonamides is 1. The first-order valence-electron chi connectivity index (χ1n) is 11.5. The van der Waals surface area contributed by atoms with Gasteiger partial charge in [0.2, 0.25) is 10.0 Å². The van der Waals surface area contributed by atoms with Crippen LogP contribution in [0.25, 0.3) is 0 Å². The molecule has 3 aromatic carbocycles. The average molecular weight is 480 g/mol. The highest BCUT2D eigenvalue weighted by molar-refractivity contribution is 7.89. The summed E-state index contributed by atoms with van der Waals surface area (Å²) in [7, 11) is 1.75. The molecule has 7 heteroatoms. The van der Waals surface area contributed by atoms with Gasteiger partial charge in [-0.05, 0) is 59.9 Å². The van der Waals surface area contributed by atoms with Gasteiger partial charge in [-0.2, -0.15) is 0 Å². The van der Waals surface area contributed by atoms with Gasteiger partial charge in [-0.15, -0.1) is 0 Å². The van der Waals surface area contributed by atoms with Crippen LogP contribution in [0.4, 0.5) is 5.69 Å². The molecule has 0 saturated heterocycles. The molecule has 180 valence electrons. The van der Waals surface area contributed by atoms with Gasteiger partial charge in [0.1, 0.15) is 10.6 Å². The largest absolute Gasteiger partial charge is 0.495 e. The summed E-state index contributed by atoms with van der Waals surface area (Å²) in [5.41, 5.74) is 5.72. The normalized spacial score (nSPS) is 14.9. The lowest BCUT2D eigenvalue weighted by Gasteiger charge is -2.36. The summed E-state index contributed by atoms with van der Waals surface area (Å²) in [6.45, 7) is 3.79. The summed E-state index contributed by atoms with van der Waals surface area (Å²) in [5.74, 6) is 0.344. The van der Waals surface area contributed by atoms with Crippen LogP contribution >= 0.6 is 0 Å². The molecule has 1 heterocycles. The highest BCUT2D eigenvalue weighted by atomic mass is 32.2. The zero-order valence-electron chi connectivity index (χ0n) is 20.3. The number of methoxy groups -OCH3 is 1. The number of hydrogen-bond donors (Lipinski definition) is 1. The van der Waals surface area contributed by atoms with Crippen LogP contribution < -0.4 is 14.4 Å². The average Bonchev–Trinajstić information content (AvgIpc) is 2.84. The third-order valence-electron chi connectivity index (χ3n) is 6.47. The van der Waals surface area contributed by atoms with Gasteiger partial charge >= 0.3 is 0 Å². The molecule has 3 aromatic rings. The van der Waals surface area contributed by atoms with E-state index in [1.165, 1.54) is 18.2 Å². The fourth-order valence-electron chi connectivity index (χ4n) is 4.50. The number of hydrogen-bond acceptors (Lipinski definition) is 5. The number of nitrogens with zero attached hydrogens (tertiary/aromatic N) is 2. The molecule has 1 aliphatic rings. The fraction of sp³-hybridized carbons (Fsp3) is 0.333. The first-order valence-corrected chi connectivity index (χ1v) is 13.0. The Morgan fingerprint density at radius 1 is 1.03 bits per heavy atom. The quantitative estimate of drug-likeness (QED) is 0.526. The molecule has 0 saturated carbocycles. The second kappa shape index (κ2) is 10.2. The van der Waals surface area contributed by atoms with Crippen LogP contribution in [0.2, 0.25) is 0 Å². The maximum absolute atomic E-state index is 13.3. The van der Waals surface area contributed by atoms with E-state index in [0.29, 0.717) is 5.75 Å². The smallest absolute Gasteiger partial charge is 0.244 e. The van der Waals surface area contributed by atoms with Gasteiger partial charge in [0.05, 0.1) is 7.11 Å². The number of benzene rings is 3. The van der Waals surface area contributed by atoms with E-state index in [9.17, 15) is 8.42 Å². The van der Waals surface area contributed by atoms with Crippen LogP contribution in [0.5, 0.6) is 5.75 Å². The van der Waals surface area contributed by atoms with E-state index >= 15 is 0 Å². The maximum Gasteiger partial charge on any atom is 0.244 e. The molecule has 6 nitrogen and oxygen atoms in total. The number of ether oxygens (including phenoxy) is 1. The molecular weight excluding hydrogens is 446 g/mol. The third kappa shape index (κ3) is 5.27. The Morgan fingerprint density at radius 2 is 1.74 bits per heavy atom. The molecule has 1 aliphatic heterocycles.